The number of carbonyl (C=O) groups excluding carboxylic acids is 2. The van der Waals surface area contributed by atoms with Crippen molar-refractivity contribution in [2.24, 2.45) is 0 Å². The van der Waals surface area contributed by atoms with Gasteiger partial charge in [0.2, 0.25) is 11.8 Å². The first kappa shape index (κ1) is 21.6. The Morgan fingerprint density at radius 2 is 1.71 bits per heavy atom. The SMILES string of the molecule is CC(C)c1ccc(CNC(=O)CN2CCc3ccccc3C2C(=O)N2CCCC2)cc1. The fraction of sp³-hybridized carbons (Fsp3) is 0.462. The zero-order chi connectivity index (χ0) is 21.8. The molecular formula is C26H33N3O2. The van der Waals surface area contributed by atoms with Gasteiger partial charge in [0.15, 0.2) is 0 Å². The van der Waals surface area contributed by atoms with Crippen LogP contribution in [0.15, 0.2) is 48.5 Å². The summed E-state index contributed by atoms with van der Waals surface area (Å²) in [4.78, 5) is 30.2. The summed E-state index contributed by atoms with van der Waals surface area (Å²) < 4.78 is 0. The lowest BCUT2D eigenvalue weighted by Gasteiger charge is -2.37. The summed E-state index contributed by atoms with van der Waals surface area (Å²) in [5, 5.41) is 3.04. The van der Waals surface area contributed by atoms with Gasteiger partial charge in [-0.1, -0.05) is 62.4 Å². The van der Waals surface area contributed by atoms with Crippen LogP contribution in [0.3, 0.4) is 0 Å². The molecule has 0 aromatic heterocycles. The standard InChI is InChI=1S/C26H33N3O2/c1-19(2)21-11-9-20(10-12-21)17-27-24(30)18-29-16-13-22-7-3-4-8-23(22)25(29)26(31)28-14-5-6-15-28/h3-4,7-12,19,25H,5-6,13-18H2,1-2H3,(H,27,30). The third-order valence-corrected chi connectivity index (χ3v) is 6.52. The molecule has 1 N–H and O–H groups in total. The molecule has 2 aliphatic heterocycles. The molecule has 0 bridgehead atoms. The van der Waals surface area contributed by atoms with Gasteiger partial charge in [0, 0.05) is 26.2 Å². The Labute approximate surface area is 185 Å². The Hall–Kier alpha value is -2.66. The Bertz CT molecular complexity index is 917. The van der Waals surface area contributed by atoms with Crippen LogP contribution in [0.4, 0.5) is 0 Å². The van der Waals surface area contributed by atoms with Crippen molar-refractivity contribution >= 4 is 11.8 Å². The van der Waals surface area contributed by atoms with Gasteiger partial charge in [-0.05, 0) is 47.4 Å². The first-order valence-corrected chi connectivity index (χ1v) is 11.5. The number of hydrogen-bond donors (Lipinski definition) is 1. The second-order valence-electron chi connectivity index (χ2n) is 9.03. The summed E-state index contributed by atoms with van der Waals surface area (Å²) in [5.41, 5.74) is 4.67. The number of carbonyl (C=O) groups is 2. The van der Waals surface area contributed by atoms with Crippen molar-refractivity contribution < 1.29 is 9.59 Å². The van der Waals surface area contributed by atoms with Crippen LogP contribution in [0.1, 0.15) is 60.9 Å². The second-order valence-corrected chi connectivity index (χ2v) is 9.03. The first-order chi connectivity index (χ1) is 15.0. The molecule has 0 aliphatic carbocycles. The van der Waals surface area contributed by atoms with E-state index in [9.17, 15) is 9.59 Å². The van der Waals surface area contributed by atoms with E-state index in [-0.39, 0.29) is 24.4 Å². The monoisotopic (exact) mass is 419 g/mol. The van der Waals surface area contributed by atoms with Gasteiger partial charge in [-0.15, -0.1) is 0 Å². The lowest BCUT2D eigenvalue weighted by atomic mass is 9.91. The molecular weight excluding hydrogens is 386 g/mol. The smallest absolute Gasteiger partial charge is 0.244 e. The van der Waals surface area contributed by atoms with E-state index < -0.39 is 0 Å². The normalized spacial score (nSPS) is 18.8. The average Bonchev–Trinajstić information content (AvgIpc) is 3.32. The molecule has 5 heteroatoms. The van der Waals surface area contributed by atoms with Crippen LogP contribution in [0, 0.1) is 0 Å². The first-order valence-electron chi connectivity index (χ1n) is 11.5. The molecule has 0 spiro atoms. The van der Waals surface area contributed by atoms with Crippen molar-refractivity contribution in [2.45, 2.75) is 51.6 Å². The predicted molar refractivity (Wildman–Crippen MR) is 123 cm³/mol. The van der Waals surface area contributed by atoms with E-state index in [1.807, 2.05) is 23.1 Å². The van der Waals surface area contributed by atoms with Gasteiger partial charge in [0.1, 0.15) is 6.04 Å². The molecule has 2 aromatic rings. The number of likely N-dealkylation sites (tertiary alicyclic amines) is 1. The van der Waals surface area contributed by atoms with Crippen LogP contribution in [-0.4, -0.2) is 47.8 Å². The summed E-state index contributed by atoms with van der Waals surface area (Å²) in [5.74, 6) is 0.601. The van der Waals surface area contributed by atoms with E-state index in [2.05, 4.69) is 54.4 Å². The maximum atomic E-state index is 13.4. The Morgan fingerprint density at radius 3 is 2.42 bits per heavy atom. The van der Waals surface area contributed by atoms with Crippen LogP contribution in [0.25, 0.3) is 0 Å². The highest BCUT2D eigenvalue weighted by Crippen LogP contribution is 2.32. The van der Waals surface area contributed by atoms with Crippen LogP contribution in [-0.2, 0) is 22.6 Å². The van der Waals surface area contributed by atoms with Gasteiger partial charge in [0.05, 0.1) is 6.54 Å². The lowest BCUT2D eigenvalue weighted by Crippen LogP contribution is -2.48. The number of amides is 2. The molecule has 164 valence electrons. The molecule has 1 unspecified atom stereocenters. The predicted octanol–water partition coefficient (Wildman–Crippen LogP) is 3.65. The summed E-state index contributed by atoms with van der Waals surface area (Å²) in [6, 6.07) is 16.2. The van der Waals surface area contributed by atoms with E-state index >= 15 is 0 Å². The van der Waals surface area contributed by atoms with Crippen molar-refractivity contribution in [3.63, 3.8) is 0 Å². The topological polar surface area (TPSA) is 52.7 Å². The van der Waals surface area contributed by atoms with Crippen LogP contribution in [0.5, 0.6) is 0 Å². The quantitative estimate of drug-likeness (QED) is 0.778. The summed E-state index contributed by atoms with van der Waals surface area (Å²) in [7, 11) is 0. The van der Waals surface area contributed by atoms with Crippen LogP contribution < -0.4 is 5.32 Å². The highest BCUT2D eigenvalue weighted by Gasteiger charge is 2.36. The van der Waals surface area contributed by atoms with E-state index in [4.69, 9.17) is 0 Å². The summed E-state index contributed by atoms with van der Waals surface area (Å²) >= 11 is 0. The van der Waals surface area contributed by atoms with Crippen molar-refractivity contribution in [1.82, 2.24) is 15.1 Å². The number of nitrogens with one attached hydrogen (secondary N) is 1. The molecule has 2 heterocycles. The lowest BCUT2D eigenvalue weighted by molar-refractivity contribution is -0.137. The molecule has 31 heavy (non-hydrogen) atoms. The fourth-order valence-corrected chi connectivity index (χ4v) is 4.65. The molecule has 1 fully saturated rings. The van der Waals surface area contributed by atoms with Crippen LogP contribution in [0.2, 0.25) is 0 Å². The summed E-state index contributed by atoms with van der Waals surface area (Å²) in [6.45, 7) is 7.46. The zero-order valence-electron chi connectivity index (χ0n) is 18.6. The molecule has 1 saturated heterocycles. The number of benzene rings is 2. The minimum absolute atomic E-state index is 0.0356. The molecule has 1 atom stereocenters. The van der Waals surface area contributed by atoms with Gasteiger partial charge in [-0.25, -0.2) is 0 Å². The highest BCUT2D eigenvalue weighted by molar-refractivity contribution is 5.86. The van der Waals surface area contributed by atoms with E-state index in [1.54, 1.807) is 0 Å². The van der Waals surface area contributed by atoms with E-state index in [0.29, 0.717) is 12.5 Å². The number of hydrogen-bond acceptors (Lipinski definition) is 3. The van der Waals surface area contributed by atoms with Crippen molar-refractivity contribution in [3.8, 4) is 0 Å². The molecule has 2 aromatic carbocycles. The molecule has 5 nitrogen and oxygen atoms in total. The molecule has 2 aliphatic rings. The maximum Gasteiger partial charge on any atom is 0.244 e. The van der Waals surface area contributed by atoms with Gasteiger partial charge < -0.3 is 10.2 Å². The van der Waals surface area contributed by atoms with Crippen LogP contribution >= 0.6 is 0 Å². The van der Waals surface area contributed by atoms with E-state index in [1.165, 1.54) is 11.1 Å². The zero-order valence-corrected chi connectivity index (χ0v) is 18.6. The molecule has 4 rings (SSSR count). The Morgan fingerprint density at radius 1 is 1.00 bits per heavy atom. The summed E-state index contributed by atoms with van der Waals surface area (Å²) in [6.07, 6.45) is 3.00. The van der Waals surface area contributed by atoms with Crippen molar-refractivity contribution in [1.29, 1.82) is 0 Å². The largest absolute Gasteiger partial charge is 0.351 e. The van der Waals surface area contributed by atoms with E-state index in [0.717, 1.165) is 50.0 Å². The Kier molecular flexibility index (Phi) is 6.71. The second kappa shape index (κ2) is 9.65. The average molecular weight is 420 g/mol. The third kappa shape index (κ3) is 4.99. The minimum Gasteiger partial charge on any atom is -0.351 e. The minimum atomic E-state index is -0.362. The molecule has 0 radical (unpaired) electrons. The van der Waals surface area contributed by atoms with Gasteiger partial charge >= 0.3 is 0 Å². The van der Waals surface area contributed by atoms with Crippen molar-refractivity contribution in [2.75, 3.05) is 26.2 Å². The third-order valence-electron chi connectivity index (χ3n) is 6.52. The molecule has 2 amide bonds. The van der Waals surface area contributed by atoms with Crippen molar-refractivity contribution in [3.05, 3.63) is 70.8 Å². The van der Waals surface area contributed by atoms with Gasteiger partial charge in [0.25, 0.3) is 0 Å². The Balaban J connectivity index is 1.43. The number of nitrogens with zero attached hydrogens (tertiary/aromatic N) is 2. The molecule has 0 saturated carbocycles. The number of fused-ring (bicyclic) bond motifs is 1. The fourth-order valence-electron chi connectivity index (χ4n) is 4.65. The van der Waals surface area contributed by atoms with Gasteiger partial charge in [-0.2, -0.15) is 0 Å². The number of rotatable bonds is 6. The van der Waals surface area contributed by atoms with Gasteiger partial charge in [-0.3, -0.25) is 14.5 Å². The highest BCUT2D eigenvalue weighted by atomic mass is 16.2. The maximum absolute atomic E-state index is 13.4.